The molecule has 0 bridgehead atoms. The van der Waals surface area contributed by atoms with E-state index in [-0.39, 0.29) is 24.2 Å². The van der Waals surface area contributed by atoms with Gasteiger partial charge in [0, 0.05) is 44.8 Å². The Labute approximate surface area is 190 Å². The number of benzene rings is 2. The summed E-state index contributed by atoms with van der Waals surface area (Å²) in [5.41, 5.74) is 4.43. The molecule has 2 amide bonds. The van der Waals surface area contributed by atoms with Gasteiger partial charge >= 0.3 is 0 Å². The van der Waals surface area contributed by atoms with Gasteiger partial charge in [0.2, 0.25) is 11.8 Å². The third kappa shape index (κ3) is 5.37. The second kappa shape index (κ2) is 10.3. The van der Waals surface area contributed by atoms with Crippen molar-refractivity contribution < 1.29 is 14.3 Å². The second-order valence-corrected chi connectivity index (χ2v) is 9.03. The molecule has 0 spiro atoms. The van der Waals surface area contributed by atoms with Gasteiger partial charge in [-0.15, -0.1) is 0 Å². The summed E-state index contributed by atoms with van der Waals surface area (Å²) in [7, 11) is 0. The average molecular weight is 436 g/mol. The molecule has 0 saturated carbocycles. The van der Waals surface area contributed by atoms with E-state index in [0.717, 1.165) is 44.1 Å². The Kier molecular flexibility index (Phi) is 7.22. The van der Waals surface area contributed by atoms with E-state index >= 15 is 0 Å². The van der Waals surface area contributed by atoms with E-state index in [9.17, 15) is 9.59 Å². The predicted molar refractivity (Wildman–Crippen MR) is 125 cm³/mol. The fraction of sp³-hybridized carbons (Fsp3) is 0.462. The molecular formula is C26H33N3O3. The summed E-state index contributed by atoms with van der Waals surface area (Å²) in [4.78, 5) is 29.7. The molecule has 2 fully saturated rings. The lowest BCUT2D eigenvalue weighted by Gasteiger charge is -2.27. The van der Waals surface area contributed by atoms with Crippen LogP contribution in [-0.4, -0.2) is 49.6 Å². The van der Waals surface area contributed by atoms with Gasteiger partial charge in [-0.2, -0.15) is 0 Å². The molecule has 1 unspecified atom stereocenters. The minimum atomic E-state index is -0.323. The van der Waals surface area contributed by atoms with Crippen LogP contribution in [0.5, 0.6) is 0 Å². The summed E-state index contributed by atoms with van der Waals surface area (Å²) in [5.74, 6) is 0.0294. The summed E-state index contributed by atoms with van der Waals surface area (Å²) in [6.45, 7) is 9.44. The Morgan fingerprint density at radius 1 is 1.09 bits per heavy atom. The van der Waals surface area contributed by atoms with Crippen LogP contribution in [-0.2, 0) is 27.4 Å². The van der Waals surface area contributed by atoms with Gasteiger partial charge in [0.15, 0.2) is 0 Å². The van der Waals surface area contributed by atoms with E-state index in [4.69, 9.17) is 4.74 Å². The predicted octanol–water partition coefficient (Wildman–Crippen LogP) is 3.31. The number of nitrogens with zero attached hydrogens (tertiary/aromatic N) is 2. The molecule has 0 aromatic heterocycles. The van der Waals surface area contributed by atoms with E-state index in [1.165, 1.54) is 11.1 Å². The zero-order chi connectivity index (χ0) is 22.5. The highest BCUT2D eigenvalue weighted by Gasteiger charge is 2.35. The number of morpholine rings is 1. The fourth-order valence-electron chi connectivity index (χ4n) is 4.40. The maximum atomic E-state index is 12.9. The van der Waals surface area contributed by atoms with Gasteiger partial charge in [-0.25, -0.2) is 0 Å². The quantitative estimate of drug-likeness (QED) is 0.725. The van der Waals surface area contributed by atoms with E-state index in [0.29, 0.717) is 19.0 Å². The Morgan fingerprint density at radius 2 is 1.84 bits per heavy atom. The first-order valence-corrected chi connectivity index (χ1v) is 11.6. The van der Waals surface area contributed by atoms with Crippen LogP contribution in [0.4, 0.5) is 5.69 Å². The van der Waals surface area contributed by atoms with Crippen molar-refractivity contribution in [3.05, 3.63) is 65.2 Å². The Morgan fingerprint density at radius 3 is 2.59 bits per heavy atom. The monoisotopic (exact) mass is 435 g/mol. The van der Waals surface area contributed by atoms with Crippen LogP contribution in [0.15, 0.2) is 48.5 Å². The third-order valence-corrected chi connectivity index (χ3v) is 6.41. The molecule has 0 aliphatic carbocycles. The van der Waals surface area contributed by atoms with Crippen LogP contribution in [0, 0.1) is 5.92 Å². The van der Waals surface area contributed by atoms with Crippen LogP contribution in [0.25, 0.3) is 0 Å². The highest BCUT2D eigenvalue weighted by molar-refractivity contribution is 6.00. The van der Waals surface area contributed by atoms with Crippen LogP contribution >= 0.6 is 0 Å². The first kappa shape index (κ1) is 22.5. The smallest absolute Gasteiger partial charge is 0.227 e. The van der Waals surface area contributed by atoms with Crippen LogP contribution in [0.3, 0.4) is 0 Å². The zero-order valence-electron chi connectivity index (χ0n) is 19.0. The van der Waals surface area contributed by atoms with Crippen molar-refractivity contribution in [1.29, 1.82) is 0 Å². The van der Waals surface area contributed by atoms with Gasteiger partial charge in [0.25, 0.3) is 0 Å². The number of rotatable bonds is 7. The van der Waals surface area contributed by atoms with Crippen molar-refractivity contribution in [2.75, 3.05) is 37.7 Å². The number of carbonyl (C=O) groups is 2. The molecule has 1 atom stereocenters. The first-order valence-electron chi connectivity index (χ1n) is 11.6. The van der Waals surface area contributed by atoms with Crippen LogP contribution in [0.2, 0.25) is 0 Å². The van der Waals surface area contributed by atoms with Crippen molar-refractivity contribution in [2.24, 2.45) is 5.92 Å². The van der Waals surface area contributed by atoms with Crippen molar-refractivity contribution >= 4 is 17.5 Å². The number of hydrogen-bond acceptors (Lipinski definition) is 4. The van der Waals surface area contributed by atoms with Crippen molar-refractivity contribution in [1.82, 2.24) is 10.2 Å². The van der Waals surface area contributed by atoms with E-state index in [1.807, 2.05) is 24.3 Å². The van der Waals surface area contributed by atoms with Gasteiger partial charge in [-0.05, 0) is 34.7 Å². The minimum absolute atomic E-state index is 0.0128. The van der Waals surface area contributed by atoms with E-state index < -0.39 is 0 Å². The number of carbonyl (C=O) groups excluding carboxylic acids is 2. The first-order chi connectivity index (χ1) is 15.5. The third-order valence-electron chi connectivity index (χ3n) is 6.41. The molecule has 6 nitrogen and oxygen atoms in total. The second-order valence-electron chi connectivity index (χ2n) is 9.03. The van der Waals surface area contributed by atoms with Crippen molar-refractivity contribution in [3.63, 3.8) is 0 Å². The standard InChI is InChI=1S/C26H33N3O3/c1-19(2)20-8-5-9-24(14-20)29-18-23(15-25(29)30)26(31)27-16-21-6-3-4-7-22(21)17-28-10-12-32-13-11-28/h3-9,14,19,23H,10-13,15-18H2,1-2H3,(H,27,31). The normalized spacial score (nSPS) is 19.5. The molecule has 2 aliphatic heterocycles. The summed E-state index contributed by atoms with van der Waals surface area (Å²) in [6, 6.07) is 16.3. The molecule has 0 radical (unpaired) electrons. The average Bonchev–Trinajstić information content (AvgIpc) is 3.21. The summed E-state index contributed by atoms with van der Waals surface area (Å²) >= 11 is 0. The number of ether oxygens (including phenoxy) is 1. The minimum Gasteiger partial charge on any atom is -0.379 e. The van der Waals surface area contributed by atoms with Gasteiger partial charge in [0.05, 0.1) is 19.1 Å². The van der Waals surface area contributed by atoms with E-state index in [2.05, 4.69) is 48.3 Å². The highest BCUT2D eigenvalue weighted by Crippen LogP contribution is 2.28. The maximum absolute atomic E-state index is 12.9. The summed E-state index contributed by atoms with van der Waals surface area (Å²) in [6.07, 6.45) is 0.257. The fourth-order valence-corrected chi connectivity index (χ4v) is 4.40. The lowest BCUT2D eigenvalue weighted by atomic mass is 10.0. The molecular weight excluding hydrogens is 402 g/mol. The summed E-state index contributed by atoms with van der Waals surface area (Å²) in [5, 5.41) is 3.08. The Hall–Kier alpha value is -2.70. The molecule has 2 aromatic carbocycles. The van der Waals surface area contributed by atoms with E-state index in [1.54, 1.807) is 4.90 Å². The van der Waals surface area contributed by atoms with Crippen LogP contribution < -0.4 is 10.2 Å². The molecule has 2 saturated heterocycles. The molecule has 1 N–H and O–H groups in total. The van der Waals surface area contributed by atoms with Crippen molar-refractivity contribution in [2.45, 2.75) is 39.3 Å². The maximum Gasteiger partial charge on any atom is 0.227 e. The number of anilines is 1. The molecule has 2 aliphatic rings. The molecule has 32 heavy (non-hydrogen) atoms. The SMILES string of the molecule is CC(C)c1cccc(N2CC(C(=O)NCc3ccccc3CN3CCOCC3)CC2=O)c1. The molecule has 6 heteroatoms. The summed E-state index contributed by atoms with van der Waals surface area (Å²) < 4.78 is 5.44. The Balaban J connectivity index is 1.36. The number of hydrogen-bond donors (Lipinski definition) is 1. The lowest BCUT2D eigenvalue weighted by Crippen LogP contribution is -2.36. The Bertz CT molecular complexity index is 953. The lowest BCUT2D eigenvalue weighted by molar-refractivity contribution is -0.126. The van der Waals surface area contributed by atoms with Crippen LogP contribution in [0.1, 0.15) is 42.9 Å². The molecule has 2 aromatic rings. The largest absolute Gasteiger partial charge is 0.379 e. The van der Waals surface area contributed by atoms with Gasteiger partial charge in [0.1, 0.15) is 0 Å². The number of nitrogens with one attached hydrogen (secondary N) is 1. The van der Waals surface area contributed by atoms with Gasteiger partial charge in [-0.3, -0.25) is 14.5 Å². The van der Waals surface area contributed by atoms with Gasteiger partial charge in [-0.1, -0.05) is 50.2 Å². The molecule has 2 heterocycles. The molecule has 170 valence electrons. The topological polar surface area (TPSA) is 61.9 Å². The van der Waals surface area contributed by atoms with Gasteiger partial charge < -0.3 is 15.0 Å². The molecule has 4 rings (SSSR count). The van der Waals surface area contributed by atoms with Crippen molar-refractivity contribution in [3.8, 4) is 0 Å². The highest BCUT2D eigenvalue weighted by atomic mass is 16.5. The number of amides is 2. The zero-order valence-corrected chi connectivity index (χ0v) is 19.0.